The van der Waals surface area contributed by atoms with Crippen LogP contribution in [0.5, 0.6) is 0 Å². The number of likely N-dealkylation sites (tertiary alicyclic amines) is 1. The fourth-order valence-electron chi connectivity index (χ4n) is 4.76. The third-order valence-electron chi connectivity index (χ3n) is 6.92. The maximum absolute atomic E-state index is 13.3. The van der Waals surface area contributed by atoms with Gasteiger partial charge >= 0.3 is 0 Å². The average molecular weight is 525 g/mol. The number of imidazole rings is 1. The van der Waals surface area contributed by atoms with E-state index >= 15 is 0 Å². The van der Waals surface area contributed by atoms with Gasteiger partial charge in [0, 0.05) is 23.9 Å². The molecule has 3 heterocycles. The number of amides is 3. The van der Waals surface area contributed by atoms with Crippen LogP contribution in [0, 0.1) is 12.5 Å². The lowest BCUT2D eigenvalue weighted by atomic mass is 10.0. The summed E-state index contributed by atoms with van der Waals surface area (Å²) in [7, 11) is 0. The van der Waals surface area contributed by atoms with Gasteiger partial charge in [0.25, 0.3) is 17.7 Å². The molecule has 1 saturated carbocycles. The Kier molecular flexibility index (Phi) is 7.10. The largest absolute Gasteiger partial charge is 0.364 e. The predicted molar refractivity (Wildman–Crippen MR) is 144 cm³/mol. The maximum Gasteiger partial charge on any atom is 0.269 e. The van der Waals surface area contributed by atoms with Crippen molar-refractivity contribution in [3.05, 3.63) is 88.9 Å². The lowest BCUT2D eigenvalue weighted by Gasteiger charge is -2.35. The van der Waals surface area contributed by atoms with E-state index in [0.29, 0.717) is 35.7 Å². The number of allylic oxidation sites excluding steroid dienone is 1. The molecule has 1 aromatic carbocycles. The molecular formula is C28H28N8O3. The van der Waals surface area contributed by atoms with Crippen molar-refractivity contribution in [1.82, 2.24) is 19.5 Å². The molecule has 2 fully saturated rings. The molecule has 1 aliphatic heterocycles. The molecule has 0 bridgehead atoms. The van der Waals surface area contributed by atoms with E-state index in [4.69, 9.17) is 23.1 Å². The van der Waals surface area contributed by atoms with Crippen molar-refractivity contribution in [3.63, 3.8) is 0 Å². The zero-order chi connectivity index (χ0) is 27.5. The molecule has 3 amide bonds. The molecule has 39 heavy (non-hydrogen) atoms. The number of piperidine rings is 1. The van der Waals surface area contributed by atoms with E-state index in [1.54, 1.807) is 59.6 Å². The van der Waals surface area contributed by atoms with E-state index in [1.165, 1.54) is 0 Å². The molecule has 3 aromatic rings. The number of nitrogens with zero attached hydrogens (tertiary/aromatic N) is 5. The SMILES string of the molecule is [C-]#[N+]/C(=C\C1CC1)C(=O)N1CCCC[C@H]1c1nc(-c2ccc(C(=O)Nc3ccccn3)cc2)c(C(N)=O)n1N. The number of pyridine rings is 1. The highest BCUT2D eigenvalue weighted by atomic mass is 16.2. The summed E-state index contributed by atoms with van der Waals surface area (Å²) >= 11 is 0. The number of nitrogen functional groups attached to an aromatic ring is 1. The lowest BCUT2D eigenvalue weighted by Crippen LogP contribution is -2.41. The number of hydrogen-bond donors (Lipinski definition) is 3. The van der Waals surface area contributed by atoms with Crippen LogP contribution in [0.15, 0.2) is 60.4 Å². The van der Waals surface area contributed by atoms with E-state index in [0.717, 1.165) is 30.4 Å². The lowest BCUT2D eigenvalue weighted by molar-refractivity contribution is -0.130. The van der Waals surface area contributed by atoms with Gasteiger partial charge in [-0.15, -0.1) is 0 Å². The Labute approximate surface area is 225 Å². The van der Waals surface area contributed by atoms with Gasteiger partial charge < -0.3 is 21.8 Å². The Morgan fingerprint density at radius 3 is 2.49 bits per heavy atom. The van der Waals surface area contributed by atoms with Crippen LogP contribution in [0.25, 0.3) is 16.1 Å². The first-order chi connectivity index (χ1) is 18.9. The monoisotopic (exact) mass is 524 g/mol. The molecule has 0 radical (unpaired) electrons. The van der Waals surface area contributed by atoms with Gasteiger partial charge in [-0.25, -0.2) is 19.5 Å². The summed E-state index contributed by atoms with van der Waals surface area (Å²) in [6, 6.07) is 11.2. The van der Waals surface area contributed by atoms with Crippen molar-refractivity contribution in [1.29, 1.82) is 0 Å². The van der Waals surface area contributed by atoms with Crippen molar-refractivity contribution in [2.75, 3.05) is 17.7 Å². The fourth-order valence-corrected chi connectivity index (χ4v) is 4.76. The number of benzene rings is 1. The number of rotatable bonds is 7. The molecule has 0 spiro atoms. The molecule has 0 unspecified atom stereocenters. The zero-order valence-electron chi connectivity index (χ0n) is 21.2. The highest BCUT2D eigenvalue weighted by molar-refractivity contribution is 6.04. The third-order valence-corrected chi connectivity index (χ3v) is 6.92. The van der Waals surface area contributed by atoms with Crippen molar-refractivity contribution in [3.8, 4) is 11.3 Å². The third kappa shape index (κ3) is 5.36. The summed E-state index contributed by atoms with van der Waals surface area (Å²) in [6.45, 7) is 7.98. The summed E-state index contributed by atoms with van der Waals surface area (Å²) in [5.41, 5.74) is 6.98. The first-order valence-corrected chi connectivity index (χ1v) is 12.8. The second-order valence-corrected chi connectivity index (χ2v) is 9.66. The predicted octanol–water partition coefficient (Wildman–Crippen LogP) is 3.28. The Morgan fingerprint density at radius 1 is 1.08 bits per heavy atom. The Bertz CT molecular complexity index is 1480. The summed E-state index contributed by atoms with van der Waals surface area (Å²) in [5, 5.41) is 2.72. The molecule has 1 aliphatic carbocycles. The molecule has 2 aromatic heterocycles. The summed E-state index contributed by atoms with van der Waals surface area (Å²) < 4.78 is 1.15. The molecule has 11 nitrogen and oxygen atoms in total. The Hall–Kier alpha value is -4.98. The number of primary amides is 1. The van der Waals surface area contributed by atoms with Crippen molar-refractivity contribution in [2.24, 2.45) is 11.7 Å². The van der Waals surface area contributed by atoms with Crippen LogP contribution in [0.4, 0.5) is 5.82 Å². The molecule has 198 valence electrons. The minimum atomic E-state index is -0.771. The zero-order valence-corrected chi connectivity index (χ0v) is 21.2. The van der Waals surface area contributed by atoms with E-state index in [2.05, 4.69) is 15.1 Å². The van der Waals surface area contributed by atoms with Crippen LogP contribution < -0.4 is 16.9 Å². The van der Waals surface area contributed by atoms with Gasteiger partial charge in [-0.1, -0.05) is 24.3 Å². The van der Waals surface area contributed by atoms with Crippen LogP contribution in [0.1, 0.15) is 64.8 Å². The highest BCUT2D eigenvalue weighted by Crippen LogP contribution is 2.36. The molecular weight excluding hydrogens is 496 g/mol. The standard InChI is InChI=1S/C28H28N8O3/c1-31-20(16-17-8-9-17)28(39)35-15-5-3-6-21(35)26-34-23(24(25(29)37)36(26)30)18-10-12-19(13-11-18)27(38)33-22-7-2-4-14-32-22/h2,4,7,10-14,16-17,21H,3,5-6,8-9,15,30H2,(H2,29,37)(H,32,33,38)/b20-16-/t21-/m0/s1. The normalized spacial score (nSPS) is 17.4. The first kappa shape index (κ1) is 25.7. The van der Waals surface area contributed by atoms with Gasteiger partial charge in [0.1, 0.15) is 11.5 Å². The minimum Gasteiger partial charge on any atom is -0.364 e. The number of carbonyl (C=O) groups excluding carboxylic acids is 3. The molecule has 11 heteroatoms. The number of nitrogens with one attached hydrogen (secondary N) is 1. The van der Waals surface area contributed by atoms with Crippen LogP contribution in [0.2, 0.25) is 0 Å². The highest BCUT2D eigenvalue weighted by Gasteiger charge is 2.36. The van der Waals surface area contributed by atoms with Crippen LogP contribution >= 0.6 is 0 Å². The summed E-state index contributed by atoms with van der Waals surface area (Å²) in [6.07, 6.45) is 7.51. The average Bonchev–Trinajstić information content (AvgIpc) is 3.71. The second-order valence-electron chi connectivity index (χ2n) is 9.66. The van der Waals surface area contributed by atoms with E-state index in [1.807, 2.05) is 0 Å². The Balaban J connectivity index is 1.45. The topological polar surface area (TPSA) is 154 Å². The number of aromatic nitrogens is 3. The van der Waals surface area contributed by atoms with Crippen LogP contribution in [-0.2, 0) is 4.79 Å². The smallest absolute Gasteiger partial charge is 0.269 e. The number of anilines is 1. The van der Waals surface area contributed by atoms with Crippen LogP contribution in [-0.4, -0.2) is 43.8 Å². The van der Waals surface area contributed by atoms with Gasteiger partial charge in [0.15, 0.2) is 11.5 Å². The van der Waals surface area contributed by atoms with Crippen LogP contribution in [0.3, 0.4) is 0 Å². The molecule has 5 rings (SSSR count). The van der Waals surface area contributed by atoms with E-state index < -0.39 is 11.9 Å². The second kappa shape index (κ2) is 10.8. The van der Waals surface area contributed by atoms with Crippen molar-refractivity contribution in [2.45, 2.75) is 38.1 Å². The Morgan fingerprint density at radius 2 is 1.85 bits per heavy atom. The van der Waals surface area contributed by atoms with Gasteiger partial charge in [0.2, 0.25) is 5.70 Å². The number of hydrogen-bond acceptors (Lipinski definition) is 6. The molecule has 1 saturated heterocycles. The fraction of sp³-hybridized carbons (Fsp3) is 0.286. The quantitative estimate of drug-likeness (QED) is 0.245. The summed E-state index contributed by atoms with van der Waals surface area (Å²) in [5.74, 6) is 5.93. The first-order valence-electron chi connectivity index (χ1n) is 12.8. The minimum absolute atomic E-state index is 0.00687. The molecule has 1 atom stereocenters. The van der Waals surface area contributed by atoms with E-state index in [-0.39, 0.29) is 34.8 Å². The number of carbonyl (C=O) groups is 3. The van der Waals surface area contributed by atoms with Gasteiger partial charge in [-0.2, -0.15) is 0 Å². The number of nitrogens with two attached hydrogens (primary N) is 2. The molecule has 2 aliphatic rings. The van der Waals surface area contributed by atoms with E-state index in [9.17, 15) is 14.4 Å². The van der Waals surface area contributed by atoms with Gasteiger partial charge in [0.05, 0.1) is 12.6 Å². The van der Waals surface area contributed by atoms with Gasteiger partial charge in [-0.3, -0.25) is 14.4 Å². The summed E-state index contributed by atoms with van der Waals surface area (Å²) in [4.78, 5) is 52.3. The van der Waals surface area contributed by atoms with Crippen molar-refractivity contribution < 1.29 is 14.4 Å². The van der Waals surface area contributed by atoms with Gasteiger partial charge in [-0.05, 0) is 62.3 Å². The van der Waals surface area contributed by atoms with Crippen molar-refractivity contribution >= 4 is 23.5 Å². The maximum atomic E-state index is 13.3. The molecule has 5 N–H and O–H groups in total.